The van der Waals surface area contributed by atoms with Crippen molar-refractivity contribution in [2.45, 2.75) is 31.8 Å². The zero-order valence-corrected chi connectivity index (χ0v) is 13.4. The van der Waals surface area contributed by atoms with E-state index in [-0.39, 0.29) is 5.82 Å². The molecule has 1 aromatic carbocycles. The third kappa shape index (κ3) is 3.17. The van der Waals surface area contributed by atoms with Gasteiger partial charge in [0.25, 0.3) is 0 Å². The van der Waals surface area contributed by atoms with Gasteiger partial charge in [-0.2, -0.15) is 0 Å². The van der Waals surface area contributed by atoms with Crippen LogP contribution in [0, 0.1) is 8.70 Å². The lowest BCUT2D eigenvalue weighted by Crippen LogP contribution is -2.23. The number of aryl methyl sites for hydroxylation is 1. The molecule has 0 spiro atoms. The summed E-state index contributed by atoms with van der Waals surface area (Å²) in [4.78, 5) is 1.52. The van der Waals surface area contributed by atoms with Crippen LogP contribution in [0.3, 0.4) is 0 Å². The van der Waals surface area contributed by atoms with E-state index in [0.717, 1.165) is 12.1 Å². The highest BCUT2D eigenvalue weighted by Crippen LogP contribution is 2.36. The number of halogens is 2. The Morgan fingerprint density at radius 1 is 1.37 bits per heavy atom. The maximum absolute atomic E-state index is 13.1. The molecule has 0 fully saturated rings. The van der Waals surface area contributed by atoms with E-state index in [4.69, 9.17) is 0 Å². The van der Waals surface area contributed by atoms with E-state index in [2.05, 4.69) is 34.0 Å². The van der Waals surface area contributed by atoms with Gasteiger partial charge in [-0.25, -0.2) is 4.39 Å². The molecular weight excluding hydrogens is 372 g/mol. The van der Waals surface area contributed by atoms with Crippen molar-refractivity contribution < 1.29 is 4.39 Å². The Morgan fingerprint density at radius 2 is 2.26 bits per heavy atom. The minimum absolute atomic E-state index is 0.159. The first-order valence-corrected chi connectivity index (χ1v) is 8.38. The van der Waals surface area contributed by atoms with E-state index in [1.54, 1.807) is 12.1 Å². The summed E-state index contributed by atoms with van der Waals surface area (Å²) in [5.74, 6) is -0.159. The fraction of sp³-hybridized carbons (Fsp3) is 0.333. The van der Waals surface area contributed by atoms with Crippen LogP contribution in [0.25, 0.3) is 0 Å². The molecule has 1 nitrogen and oxygen atoms in total. The number of nitrogens with one attached hydrogen (secondary N) is 1. The normalized spacial score (nSPS) is 18.3. The van der Waals surface area contributed by atoms with Crippen LogP contribution in [0.15, 0.2) is 30.3 Å². The van der Waals surface area contributed by atoms with Crippen LogP contribution in [0.1, 0.15) is 34.9 Å². The number of hydrogen-bond acceptors (Lipinski definition) is 2. The standard InChI is InChI=1S/C15H15FINS/c16-11-4-1-3-10(7-11)9-18-13-5-2-6-14-12(13)8-15(17)19-14/h1,3-4,7-8,13,18H,2,5-6,9H2. The Kier molecular flexibility index (Phi) is 4.19. The Bertz CT molecular complexity index is 581. The molecule has 19 heavy (non-hydrogen) atoms. The summed E-state index contributed by atoms with van der Waals surface area (Å²) in [5.41, 5.74) is 2.47. The van der Waals surface area contributed by atoms with Crippen LogP contribution >= 0.6 is 33.9 Å². The first-order valence-electron chi connectivity index (χ1n) is 6.48. The topological polar surface area (TPSA) is 12.0 Å². The summed E-state index contributed by atoms with van der Waals surface area (Å²) in [7, 11) is 0. The summed E-state index contributed by atoms with van der Waals surface area (Å²) in [6.45, 7) is 0.730. The van der Waals surface area contributed by atoms with Crippen LogP contribution in [0.5, 0.6) is 0 Å². The van der Waals surface area contributed by atoms with Gasteiger partial charge in [-0.05, 0) is 71.2 Å². The highest BCUT2D eigenvalue weighted by molar-refractivity contribution is 14.1. The number of hydrogen-bond donors (Lipinski definition) is 1. The molecule has 2 aromatic rings. The molecule has 0 aliphatic heterocycles. The SMILES string of the molecule is Fc1cccc(CNC2CCCc3sc(I)cc32)c1. The highest BCUT2D eigenvalue weighted by Gasteiger charge is 2.22. The first kappa shape index (κ1) is 13.5. The largest absolute Gasteiger partial charge is 0.306 e. The molecule has 1 heterocycles. The monoisotopic (exact) mass is 387 g/mol. The third-order valence-corrected chi connectivity index (χ3v) is 5.50. The summed E-state index contributed by atoms with van der Waals surface area (Å²) in [6.07, 6.45) is 3.63. The third-order valence-electron chi connectivity index (χ3n) is 3.53. The number of thiophene rings is 1. The number of rotatable bonds is 3. The molecule has 0 radical (unpaired) electrons. The molecule has 1 aliphatic carbocycles. The van der Waals surface area contributed by atoms with Gasteiger partial charge in [0.2, 0.25) is 0 Å². The molecule has 1 unspecified atom stereocenters. The van der Waals surface area contributed by atoms with Crippen molar-refractivity contribution in [3.8, 4) is 0 Å². The van der Waals surface area contributed by atoms with E-state index in [9.17, 15) is 4.39 Å². The van der Waals surface area contributed by atoms with Gasteiger partial charge >= 0.3 is 0 Å². The Labute approximate surface area is 130 Å². The number of benzene rings is 1. The molecule has 0 saturated carbocycles. The summed E-state index contributed by atoms with van der Waals surface area (Å²) in [5, 5.41) is 3.57. The summed E-state index contributed by atoms with van der Waals surface area (Å²) >= 11 is 4.30. The maximum Gasteiger partial charge on any atom is 0.123 e. The smallest absolute Gasteiger partial charge is 0.123 e. The molecule has 1 N–H and O–H groups in total. The molecule has 0 saturated heterocycles. The van der Waals surface area contributed by atoms with Gasteiger partial charge in [-0.15, -0.1) is 11.3 Å². The second-order valence-electron chi connectivity index (χ2n) is 4.88. The first-order chi connectivity index (χ1) is 9.22. The second kappa shape index (κ2) is 5.89. The second-order valence-corrected chi connectivity index (χ2v) is 7.92. The van der Waals surface area contributed by atoms with Crippen LogP contribution in [-0.4, -0.2) is 0 Å². The quantitative estimate of drug-likeness (QED) is 0.756. The van der Waals surface area contributed by atoms with Gasteiger partial charge < -0.3 is 5.32 Å². The fourth-order valence-corrected chi connectivity index (χ4v) is 4.74. The van der Waals surface area contributed by atoms with Crippen LogP contribution in [-0.2, 0) is 13.0 Å². The predicted molar refractivity (Wildman–Crippen MR) is 86.0 cm³/mol. The molecule has 100 valence electrons. The predicted octanol–water partition coefficient (Wildman–Crippen LogP) is 4.66. The lowest BCUT2D eigenvalue weighted by Gasteiger charge is -2.23. The molecule has 4 heteroatoms. The average Bonchev–Trinajstić information content (AvgIpc) is 2.77. The fourth-order valence-electron chi connectivity index (χ4n) is 2.62. The van der Waals surface area contributed by atoms with Crippen LogP contribution in [0.2, 0.25) is 0 Å². The minimum Gasteiger partial charge on any atom is -0.306 e. The lowest BCUT2D eigenvalue weighted by atomic mass is 9.94. The Balaban J connectivity index is 1.71. The van der Waals surface area contributed by atoms with Gasteiger partial charge in [0.1, 0.15) is 5.82 Å². The van der Waals surface area contributed by atoms with Crippen LogP contribution < -0.4 is 5.32 Å². The van der Waals surface area contributed by atoms with Crippen molar-refractivity contribution in [1.29, 1.82) is 0 Å². The molecule has 3 rings (SSSR count). The lowest BCUT2D eigenvalue weighted by molar-refractivity contribution is 0.462. The van der Waals surface area contributed by atoms with Crippen LogP contribution in [0.4, 0.5) is 4.39 Å². The molecular formula is C15H15FINS. The summed E-state index contributed by atoms with van der Waals surface area (Å²) < 4.78 is 14.5. The van der Waals surface area contributed by atoms with E-state index in [1.807, 2.05) is 17.4 Å². The highest BCUT2D eigenvalue weighted by atomic mass is 127. The number of fused-ring (bicyclic) bond motifs is 1. The van der Waals surface area contributed by atoms with E-state index >= 15 is 0 Å². The zero-order chi connectivity index (χ0) is 13.2. The van der Waals surface area contributed by atoms with Crippen molar-refractivity contribution in [3.63, 3.8) is 0 Å². The zero-order valence-electron chi connectivity index (χ0n) is 10.5. The average molecular weight is 387 g/mol. The van der Waals surface area contributed by atoms with Gasteiger partial charge in [-0.3, -0.25) is 0 Å². The van der Waals surface area contributed by atoms with Gasteiger partial charge in [0.15, 0.2) is 0 Å². The van der Waals surface area contributed by atoms with E-state index in [0.29, 0.717) is 6.04 Å². The van der Waals surface area contributed by atoms with Gasteiger partial charge in [0, 0.05) is 17.5 Å². The van der Waals surface area contributed by atoms with Gasteiger partial charge in [-0.1, -0.05) is 12.1 Å². The van der Waals surface area contributed by atoms with Crippen molar-refractivity contribution in [2.75, 3.05) is 0 Å². The molecule has 1 aliphatic rings. The molecule has 1 atom stereocenters. The minimum atomic E-state index is -0.159. The maximum atomic E-state index is 13.1. The summed E-state index contributed by atoms with van der Waals surface area (Å²) in [6, 6.07) is 9.55. The van der Waals surface area contributed by atoms with E-state index in [1.165, 1.54) is 38.7 Å². The Hall–Kier alpha value is -0.460. The van der Waals surface area contributed by atoms with Crippen molar-refractivity contribution >= 4 is 33.9 Å². The van der Waals surface area contributed by atoms with Gasteiger partial charge in [0.05, 0.1) is 2.88 Å². The molecule has 0 amide bonds. The van der Waals surface area contributed by atoms with Crippen molar-refractivity contribution in [1.82, 2.24) is 5.32 Å². The van der Waals surface area contributed by atoms with Crippen molar-refractivity contribution in [3.05, 3.63) is 55.0 Å². The molecule has 1 aromatic heterocycles. The Morgan fingerprint density at radius 3 is 3.11 bits per heavy atom. The van der Waals surface area contributed by atoms with E-state index < -0.39 is 0 Å². The van der Waals surface area contributed by atoms with Crippen molar-refractivity contribution in [2.24, 2.45) is 0 Å². The molecule has 0 bridgehead atoms.